The lowest BCUT2D eigenvalue weighted by molar-refractivity contribution is -0.149. The fourth-order valence-corrected chi connectivity index (χ4v) is 4.44. The van der Waals surface area contributed by atoms with Gasteiger partial charge < -0.3 is 10.0 Å². The number of hydrogen-bond acceptors (Lipinski definition) is 5. The average Bonchev–Trinajstić information content (AvgIpc) is 2.91. The van der Waals surface area contributed by atoms with Crippen molar-refractivity contribution in [3.05, 3.63) is 16.6 Å². The summed E-state index contributed by atoms with van der Waals surface area (Å²) in [7, 11) is 0. The predicted molar refractivity (Wildman–Crippen MR) is 80.3 cm³/mol. The van der Waals surface area contributed by atoms with E-state index >= 15 is 0 Å². The van der Waals surface area contributed by atoms with Crippen LogP contribution in [0.3, 0.4) is 0 Å². The molecular formula is C15H19N3O3S. The predicted octanol–water partition coefficient (Wildman–Crippen LogP) is 0.898. The Hall–Kier alpha value is -1.47. The Bertz CT molecular complexity index is 601. The minimum Gasteiger partial charge on any atom is -0.481 e. The molecular weight excluding hydrogens is 302 g/mol. The van der Waals surface area contributed by atoms with Gasteiger partial charge in [0.1, 0.15) is 5.41 Å². The first-order chi connectivity index (χ1) is 10.6. The molecule has 0 spiro atoms. The van der Waals surface area contributed by atoms with Crippen LogP contribution < -0.4 is 0 Å². The molecule has 4 rings (SSSR count). The Kier molecular flexibility index (Phi) is 3.23. The molecule has 118 valence electrons. The van der Waals surface area contributed by atoms with Crippen LogP contribution in [0.5, 0.6) is 0 Å². The van der Waals surface area contributed by atoms with Gasteiger partial charge in [0.25, 0.3) is 0 Å². The second-order valence-electron chi connectivity index (χ2n) is 6.80. The Morgan fingerprint density at radius 1 is 1.36 bits per heavy atom. The van der Waals surface area contributed by atoms with E-state index in [2.05, 4.69) is 9.88 Å². The summed E-state index contributed by atoms with van der Waals surface area (Å²) in [6.07, 6.45) is 1.94. The van der Waals surface area contributed by atoms with Crippen LogP contribution in [0.2, 0.25) is 0 Å². The van der Waals surface area contributed by atoms with E-state index < -0.39 is 11.4 Å². The first kappa shape index (κ1) is 14.1. The maximum absolute atomic E-state index is 12.3. The first-order valence-electron chi connectivity index (χ1n) is 7.70. The number of thiazole rings is 1. The summed E-state index contributed by atoms with van der Waals surface area (Å²) >= 11 is 1.56. The smallest absolute Gasteiger partial charge is 0.313 e. The zero-order valence-corrected chi connectivity index (χ0v) is 13.1. The minimum absolute atomic E-state index is 0.0336. The first-order valence-corrected chi connectivity index (χ1v) is 8.64. The van der Waals surface area contributed by atoms with Crippen LogP contribution >= 0.6 is 11.3 Å². The fourth-order valence-electron chi connectivity index (χ4n) is 3.89. The van der Waals surface area contributed by atoms with Crippen molar-refractivity contribution in [2.45, 2.75) is 19.4 Å². The second-order valence-corrected chi connectivity index (χ2v) is 7.52. The monoisotopic (exact) mass is 321 g/mol. The SMILES string of the molecule is O=C(C1CC1)N1CC2CN(Cc3cscn3)C[C@@]2(C(=O)O)C1. The number of hydrogen-bond donors (Lipinski definition) is 1. The lowest BCUT2D eigenvalue weighted by Crippen LogP contribution is -2.42. The molecule has 6 nitrogen and oxygen atoms in total. The topological polar surface area (TPSA) is 73.7 Å². The molecule has 7 heteroatoms. The third-order valence-corrected chi connectivity index (χ3v) is 5.85. The van der Waals surface area contributed by atoms with E-state index in [9.17, 15) is 14.7 Å². The van der Waals surface area contributed by atoms with E-state index in [-0.39, 0.29) is 17.7 Å². The van der Waals surface area contributed by atoms with Crippen LogP contribution in [0.1, 0.15) is 18.5 Å². The van der Waals surface area contributed by atoms with Gasteiger partial charge in [0.2, 0.25) is 5.91 Å². The number of carboxylic acids is 1. The summed E-state index contributed by atoms with van der Waals surface area (Å²) in [6, 6.07) is 0. The van der Waals surface area contributed by atoms with Crippen LogP contribution in [0, 0.1) is 17.3 Å². The normalized spacial score (nSPS) is 31.5. The van der Waals surface area contributed by atoms with Gasteiger partial charge in [-0.05, 0) is 12.8 Å². The molecule has 1 saturated carbocycles. The quantitative estimate of drug-likeness (QED) is 0.892. The molecule has 3 heterocycles. The zero-order valence-electron chi connectivity index (χ0n) is 12.3. The highest BCUT2D eigenvalue weighted by molar-refractivity contribution is 7.07. The molecule has 22 heavy (non-hydrogen) atoms. The molecule has 0 aromatic carbocycles. The highest BCUT2D eigenvalue weighted by Crippen LogP contribution is 2.45. The van der Waals surface area contributed by atoms with Gasteiger partial charge in [-0.1, -0.05) is 0 Å². The molecule has 1 unspecified atom stereocenters. The van der Waals surface area contributed by atoms with Gasteiger partial charge >= 0.3 is 5.97 Å². The number of carbonyl (C=O) groups excluding carboxylic acids is 1. The van der Waals surface area contributed by atoms with Crippen molar-refractivity contribution in [3.63, 3.8) is 0 Å². The lowest BCUT2D eigenvalue weighted by atomic mass is 9.81. The maximum atomic E-state index is 12.3. The van der Waals surface area contributed by atoms with Crippen LogP contribution in [0.4, 0.5) is 0 Å². The average molecular weight is 321 g/mol. The van der Waals surface area contributed by atoms with Crippen LogP contribution in [-0.2, 0) is 16.1 Å². The number of aliphatic carboxylic acids is 1. The van der Waals surface area contributed by atoms with Gasteiger partial charge in [-0.2, -0.15) is 0 Å². The molecule has 3 aliphatic rings. The summed E-state index contributed by atoms with van der Waals surface area (Å²) in [4.78, 5) is 32.4. The summed E-state index contributed by atoms with van der Waals surface area (Å²) < 4.78 is 0. The molecule has 1 N–H and O–H groups in total. The van der Waals surface area contributed by atoms with Crippen molar-refractivity contribution in [1.29, 1.82) is 0 Å². The van der Waals surface area contributed by atoms with Crippen LogP contribution in [0.25, 0.3) is 0 Å². The van der Waals surface area contributed by atoms with Gasteiger partial charge in [-0.3, -0.25) is 14.5 Å². The lowest BCUT2D eigenvalue weighted by Gasteiger charge is -2.25. The molecule has 2 saturated heterocycles. The largest absolute Gasteiger partial charge is 0.481 e. The van der Waals surface area contributed by atoms with Gasteiger partial charge in [0, 0.05) is 49.9 Å². The molecule has 1 aromatic heterocycles. The molecule has 0 bridgehead atoms. The van der Waals surface area contributed by atoms with Gasteiger partial charge in [-0.15, -0.1) is 11.3 Å². The van der Waals surface area contributed by atoms with Crippen molar-refractivity contribution in [3.8, 4) is 0 Å². The van der Waals surface area contributed by atoms with E-state index in [1.165, 1.54) is 0 Å². The number of likely N-dealkylation sites (tertiary alicyclic amines) is 2. The maximum Gasteiger partial charge on any atom is 0.313 e. The van der Waals surface area contributed by atoms with Crippen molar-refractivity contribution in [2.75, 3.05) is 26.2 Å². The molecule has 0 radical (unpaired) electrons. The number of carboxylic acid groups (broad SMARTS) is 1. The summed E-state index contributed by atoms with van der Waals surface area (Å²) in [5, 5.41) is 11.8. The fraction of sp³-hybridized carbons (Fsp3) is 0.667. The standard InChI is InChI=1S/C15H19N3O3S/c19-13(10-1-2-10)18-4-11-3-17(5-12-6-22-9-16-12)7-15(11,8-18)14(20)21/h6,9-11H,1-5,7-8H2,(H,20,21)/t11?,15-/m1/s1. The molecule has 2 atom stereocenters. The highest BCUT2D eigenvalue weighted by atomic mass is 32.1. The van der Waals surface area contributed by atoms with Crippen molar-refractivity contribution in [1.82, 2.24) is 14.8 Å². The summed E-state index contributed by atoms with van der Waals surface area (Å²) in [5.74, 6) is -0.396. The van der Waals surface area contributed by atoms with E-state index in [4.69, 9.17) is 0 Å². The number of fused-ring (bicyclic) bond motifs is 1. The van der Waals surface area contributed by atoms with Gasteiger partial charge in [0.05, 0.1) is 11.2 Å². The Balaban J connectivity index is 1.49. The molecule has 1 amide bonds. The van der Waals surface area contributed by atoms with Crippen LogP contribution in [-0.4, -0.2) is 57.9 Å². The summed E-state index contributed by atoms with van der Waals surface area (Å²) in [5.41, 5.74) is 2.01. The van der Waals surface area contributed by atoms with Crippen LogP contribution in [0.15, 0.2) is 10.9 Å². The number of amides is 1. The molecule has 1 aromatic rings. The van der Waals surface area contributed by atoms with E-state index in [0.29, 0.717) is 26.2 Å². The van der Waals surface area contributed by atoms with E-state index in [0.717, 1.165) is 25.1 Å². The third kappa shape index (κ3) is 2.23. The van der Waals surface area contributed by atoms with E-state index in [1.54, 1.807) is 21.7 Å². The van der Waals surface area contributed by atoms with Crippen molar-refractivity contribution >= 4 is 23.2 Å². The Labute approximate surface area is 132 Å². The highest BCUT2D eigenvalue weighted by Gasteiger charge is 2.59. The third-order valence-electron chi connectivity index (χ3n) is 5.21. The van der Waals surface area contributed by atoms with E-state index in [1.807, 2.05) is 5.38 Å². The molecule has 3 fully saturated rings. The zero-order chi connectivity index (χ0) is 15.3. The molecule has 2 aliphatic heterocycles. The van der Waals surface area contributed by atoms with Gasteiger partial charge in [-0.25, -0.2) is 4.98 Å². The van der Waals surface area contributed by atoms with Crippen molar-refractivity contribution in [2.24, 2.45) is 17.3 Å². The number of nitrogens with zero attached hydrogens (tertiary/aromatic N) is 3. The van der Waals surface area contributed by atoms with Gasteiger partial charge in [0.15, 0.2) is 0 Å². The Morgan fingerprint density at radius 2 is 2.18 bits per heavy atom. The number of rotatable bonds is 4. The number of carbonyl (C=O) groups is 2. The number of aromatic nitrogens is 1. The minimum atomic E-state index is -0.791. The van der Waals surface area contributed by atoms with Crippen molar-refractivity contribution < 1.29 is 14.7 Å². The summed E-state index contributed by atoms with van der Waals surface area (Å²) in [6.45, 7) is 2.91. The molecule has 1 aliphatic carbocycles. The second kappa shape index (κ2) is 5.03. The Morgan fingerprint density at radius 3 is 2.77 bits per heavy atom.